The first kappa shape index (κ1) is 14.1. The Labute approximate surface area is 127 Å². The minimum Gasteiger partial charge on any atom is -0.412 e. The van der Waals surface area contributed by atoms with Crippen molar-refractivity contribution < 1.29 is 9.21 Å². The molecule has 110 valence electrons. The first-order chi connectivity index (χ1) is 10.1. The lowest BCUT2D eigenvalue weighted by Crippen LogP contribution is -2.39. The number of hydrogen-bond donors (Lipinski definition) is 0. The lowest BCUT2D eigenvalue weighted by atomic mass is 10.0. The second kappa shape index (κ2) is 5.85. The molecule has 1 atom stereocenters. The summed E-state index contributed by atoms with van der Waals surface area (Å²) in [5.41, 5.74) is 0.709. The van der Waals surface area contributed by atoms with E-state index in [-0.39, 0.29) is 11.8 Å². The maximum absolute atomic E-state index is 12.4. The minimum absolute atomic E-state index is 0.0408. The van der Waals surface area contributed by atoms with E-state index in [1.165, 1.54) is 0 Å². The Morgan fingerprint density at radius 2 is 2.29 bits per heavy atom. The van der Waals surface area contributed by atoms with E-state index < -0.39 is 0 Å². The summed E-state index contributed by atoms with van der Waals surface area (Å²) in [6.07, 6.45) is 2.17. The van der Waals surface area contributed by atoms with Gasteiger partial charge >= 0.3 is 11.8 Å². The Bertz CT molecular complexity index is 656. The Kier molecular flexibility index (Phi) is 3.92. The summed E-state index contributed by atoms with van der Waals surface area (Å²) in [5, 5.41) is 8.40. The molecule has 5 nitrogen and oxygen atoms in total. The van der Waals surface area contributed by atoms with E-state index in [0.717, 1.165) is 25.9 Å². The van der Waals surface area contributed by atoms with Crippen molar-refractivity contribution in [1.29, 1.82) is 0 Å². The van der Waals surface area contributed by atoms with Crippen molar-refractivity contribution >= 4 is 17.5 Å². The molecule has 0 spiro atoms. The predicted molar refractivity (Wildman–Crippen MR) is 79.0 cm³/mol. The number of nitrogens with zero attached hydrogens (tertiary/aromatic N) is 3. The fourth-order valence-electron chi connectivity index (χ4n) is 2.56. The van der Waals surface area contributed by atoms with Gasteiger partial charge in [0.15, 0.2) is 0 Å². The van der Waals surface area contributed by atoms with Crippen molar-refractivity contribution in [2.75, 3.05) is 13.1 Å². The second-order valence-electron chi connectivity index (χ2n) is 5.42. The van der Waals surface area contributed by atoms with E-state index in [9.17, 15) is 4.79 Å². The molecule has 0 bridgehead atoms. The van der Waals surface area contributed by atoms with Gasteiger partial charge in [0.2, 0.25) is 5.89 Å². The number of carbonyl (C=O) groups excluding carboxylic acids is 1. The fraction of sp³-hybridized carbons (Fsp3) is 0.400. The Morgan fingerprint density at radius 3 is 3.05 bits per heavy atom. The van der Waals surface area contributed by atoms with Gasteiger partial charge in [0.1, 0.15) is 0 Å². The lowest BCUT2D eigenvalue weighted by molar-refractivity contribution is 0.0643. The standard InChI is InChI=1S/C15H16ClN3O2/c1-10-4-3-7-19(9-10)15(20)14-18-17-13(21-14)11-5-2-6-12(16)8-11/h2,5-6,8,10H,3-4,7,9H2,1H3. The maximum atomic E-state index is 12.4. The highest BCUT2D eigenvalue weighted by atomic mass is 35.5. The number of benzene rings is 1. The number of rotatable bonds is 2. The molecule has 1 aliphatic heterocycles. The molecule has 1 unspecified atom stereocenters. The average molecular weight is 306 g/mol. The van der Waals surface area contributed by atoms with Crippen LogP contribution in [0.2, 0.25) is 5.02 Å². The summed E-state index contributed by atoms with van der Waals surface area (Å²) in [5.74, 6) is 0.672. The molecule has 21 heavy (non-hydrogen) atoms. The molecule has 1 fully saturated rings. The molecular weight excluding hydrogens is 290 g/mol. The molecule has 6 heteroatoms. The largest absolute Gasteiger partial charge is 0.412 e. The monoisotopic (exact) mass is 305 g/mol. The van der Waals surface area contributed by atoms with Gasteiger partial charge in [-0.25, -0.2) is 0 Å². The van der Waals surface area contributed by atoms with Gasteiger partial charge in [-0.2, -0.15) is 0 Å². The number of halogens is 1. The summed E-state index contributed by atoms with van der Waals surface area (Å²) in [7, 11) is 0. The Morgan fingerprint density at radius 1 is 1.43 bits per heavy atom. The molecule has 2 aromatic rings. The summed E-state index contributed by atoms with van der Waals surface area (Å²) in [6.45, 7) is 3.64. The van der Waals surface area contributed by atoms with Gasteiger partial charge < -0.3 is 9.32 Å². The van der Waals surface area contributed by atoms with Crippen LogP contribution in [0.3, 0.4) is 0 Å². The van der Waals surface area contributed by atoms with Crippen LogP contribution < -0.4 is 0 Å². The summed E-state index contributed by atoms with van der Waals surface area (Å²) in [6, 6.07) is 7.11. The van der Waals surface area contributed by atoms with Gasteiger partial charge in [0, 0.05) is 23.7 Å². The van der Waals surface area contributed by atoms with Crippen LogP contribution in [0.15, 0.2) is 28.7 Å². The van der Waals surface area contributed by atoms with Crippen LogP contribution in [0, 0.1) is 5.92 Å². The minimum atomic E-state index is -0.192. The van der Waals surface area contributed by atoms with Crippen LogP contribution in [0.25, 0.3) is 11.5 Å². The third kappa shape index (κ3) is 3.08. The molecule has 1 amide bonds. The van der Waals surface area contributed by atoms with Gasteiger partial charge in [-0.15, -0.1) is 10.2 Å². The number of hydrogen-bond acceptors (Lipinski definition) is 4. The molecular formula is C15H16ClN3O2. The number of amides is 1. The van der Waals surface area contributed by atoms with Gasteiger partial charge in [-0.1, -0.05) is 24.6 Å². The molecule has 0 N–H and O–H groups in total. The van der Waals surface area contributed by atoms with Crippen molar-refractivity contribution in [1.82, 2.24) is 15.1 Å². The average Bonchev–Trinajstić information content (AvgIpc) is 2.96. The van der Waals surface area contributed by atoms with Gasteiger partial charge in [-0.3, -0.25) is 4.79 Å². The number of carbonyl (C=O) groups is 1. The first-order valence-corrected chi connectivity index (χ1v) is 7.40. The van der Waals surface area contributed by atoms with Crippen molar-refractivity contribution in [2.45, 2.75) is 19.8 Å². The number of likely N-dealkylation sites (tertiary alicyclic amines) is 1. The molecule has 0 saturated carbocycles. The van der Waals surface area contributed by atoms with E-state index >= 15 is 0 Å². The highest BCUT2D eigenvalue weighted by Crippen LogP contribution is 2.23. The molecule has 3 rings (SSSR count). The molecule has 1 aromatic carbocycles. The number of piperidine rings is 1. The van der Waals surface area contributed by atoms with E-state index in [0.29, 0.717) is 22.4 Å². The SMILES string of the molecule is CC1CCCN(C(=O)c2nnc(-c3cccc(Cl)c3)o2)C1. The van der Waals surface area contributed by atoms with Crippen LogP contribution >= 0.6 is 11.6 Å². The zero-order valence-electron chi connectivity index (χ0n) is 11.8. The van der Waals surface area contributed by atoms with Gasteiger partial charge in [-0.05, 0) is 37.0 Å². The van der Waals surface area contributed by atoms with Crippen LogP contribution in [0.5, 0.6) is 0 Å². The molecule has 1 saturated heterocycles. The van der Waals surface area contributed by atoms with E-state index in [1.54, 1.807) is 23.1 Å². The maximum Gasteiger partial charge on any atom is 0.311 e. The van der Waals surface area contributed by atoms with Gasteiger partial charge in [0.25, 0.3) is 0 Å². The van der Waals surface area contributed by atoms with Crippen LogP contribution in [0.4, 0.5) is 0 Å². The summed E-state index contributed by atoms with van der Waals surface area (Å²) >= 11 is 5.94. The zero-order valence-corrected chi connectivity index (χ0v) is 12.5. The van der Waals surface area contributed by atoms with Crippen molar-refractivity contribution in [3.8, 4) is 11.5 Å². The number of aromatic nitrogens is 2. The first-order valence-electron chi connectivity index (χ1n) is 7.02. The molecule has 2 heterocycles. The Hall–Kier alpha value is -1.88. The zero-order chi connectivity index (χ0) is 14.8. The third-order valence-electron chi connectivity index (χ3n) is 3.62. The molecule has 0 aliphatic carbocycles. The van der Waals surface area contributed by atoms with E-state index in [1.807, 2.05) is 6.07 Å². The highest BCUT2D eigenvalue weighted by molar-refractivity contribution is 6.30. The molecule has 1 aliphatic rings. The van der Waals surface area contributed by atoms with Crippen molar-refractivity contribution in [3.63, 3.8) is 0 Å². The highest BCUT2D eigenvalue weighted by Gasteiger charge is 2.26. The van der Waals surface area contributed by atoms with Crippen LogP contribution in [-0.2, 0) is 0 Å². The summed E-state index contributed by atoms with van der Waals surface area (Å²) < 4.78 is 5.50. The predicted octanol–water partition coefficient (Wildman–Crippen LogP) is 3.26. The molecule has 0 radical (unpaired) electrons. The smallest absolute Gasteiger partial charge is 0.311 e. The van der Waals surface area contributed by atoms with Crippen molar-refractivity contribution in [2.24, 2.45) is 5.92 Å². The third-order valence-corrected chi connectivity index (χ3v) is 3.86. The van der Waals surface area contributed by atoms with Crippen molar-refractivity contribution in [3.05, 3.63) is 35.2 Å². The quantitative estimate of drug-likeness (QED) is 0.854. The van der Waals surface area contributed by atoms with Crippen LogP contribution in [0.1, 0.15) is 30.5 Å². The Balaban J connectivity index is 1.80. The lowest BCUT2D eigenvalue weighted by Gasteiger charge is -2.29. The van der Waals surface area contributed by atoms with E-state index in [4.69, 9.17) is 16.0 Å². The fourth-order valence-corrected chi connectivity index (χ4v) is 2.75. The molecule has 1 aromatic heterocycles. The normalized spacial score (nSPS) is 18.8. The second-order valence-corrected chi connectivity index (χ2v) is 5.86. The van der Waals surface area contributed by atoms with E-state index in [2.05, 4.69) is 17.1 Å². The topological polar surface area (TPSA) is 59.2 Å². The van der Waals surface area contributed by atoms with Gasteiger partial charge in [0.05, 0.1) is 0 Å². The summed E-state index contributed by atoms with van der Waals surface area (Å²) in [4.78, 5) is 14.1. The van der Waals surface area contributed by atoms with Crippen LogP contribution in [-0.4, -0.2) is 34.1 Å².